The lowest BCUT2D eigenvalue weighted by molar-refractivity contribution is -0.128. The number of rotatable bonds is 4. The number of aryl methyl sites for hydroxylation is 1. The summed E-state index contributed by atoms with van der Waals surface area (Å²) < 4.78 is 48.2. The van der Waals surface area contributed by atoms with Crippen molar-refractivity contribution in [2.24, 2.45) is 11.3 Å². The van der Waals surface area contributed by atoms with Gasteiger partial charge in [0.15, 0.2) is 0 Å². The highest BCUT2D eigenvalue weighted by atomic mass is 32.2. The first-order valence-corrected chi connectivity index (χ1v) is 15.0. The number of piperidine rings is 1. The van der Waals surface area contributed by atoms with E-state index in [2.05, 4.69) is 0 Å². The number of amides is 1. The van der Waals surface area contributed by atoms with Crippen LogP contribution in [0.1, 0.15) is 29.6 Å². The fraction of sp³-hybridized carbons (Fsp3) is 0.300. The molecule has 11 heteroatoms. The Morgan fingerprint density at radius 1 is 0.829 bits per heavy atom. The van der Waals surface area contributed by atoms with Crippen LogP contribution in [-0.2, 0) is 20.2 Å². The lowest BCUT2D eigenvalue weighted by Crippen LogP contribution is -2.54. The van der Waals surface area contributed by atoms with E-state index in [0.717, 1.165) is 14.4 Å². The summed E-state index contributed by atoms with van der Waals surface area (Å²) in [5, 5.41) is 0. The summed E-state index contributed by atoms with van der Waals surface area (Å²) >= 11 is 0. The van der Waals surface area contributed by atoms with E-state index >= 15 is 4.39 Å². The molecule has 3 aliphatic heterocycles. The van der Waals surface area contributed by atoms with Gasteiger partial charge in [0.2, 0.25) is 5.91 Å². The first-order valence-electron chi connectivity index (χ1n) is 13.5. The highest BCUT2D eigenvalue weighted by Gasteiger charge is 2.94. The molecule has 5 aliphatic rings. The van der Waals surface area contributed by atoms with Crippen molar-refractivity contribution in [1.82, 2.24) is 18.2 Å². The Hall–Kier alpha value is -4.25. The molecule has 1 amide bonds. The largest absolute Gasteiger partial charge is 0.352 e. The summed E-state index contributed by atoms with van der Waals surface area (Å²) in [5.74, 6) is -1.33. The molecule has 3 aromatic carbocycles. The van der Waals surface area contributed by atoms with Gasteiger partial charge in [-0.1, -0.05) is 66.2 Å². The van der Waals surface area contributed by atoms with Crippen molar-refractivity contribution in [2.75, 3.05) is 6.54 Å². The van der Waals surface area contributed by atoms with Gasteiger partial charge in [-0.25, -0.2) is 40.6 Å². The molecule has 6 atom stereocenters. The zero-order valence-electron chi connectivity index (χ0n) is 21.9. The van der Waals surface area contributed by atoms with Crippen LogP contribution in [0.3, 0.4) is 0 Å². The van der Waals surface area contributed by atoms with Gasteiger partial charge in [0.05, 0.1) is 28.1 Å². The van der Waals surface area contributed by atoms with Crippen molar-refractivity contribution in [3.05, 3.63) is 117 Å². The number of hydrogen-bond acceptors (Lipinski definition) is 5. The van der Waals surface area contributed by atoms with Gasteiger partial charge < -0.3 is 0 Å². The summed E-state index contributed by atoms with van der Waals surface area (Å²) in [6.07, 6.45) is -1.58. The molecule has 6 unspecified atom stereocenters. The number of benzene rings is 3. The van der Waals surface area contributed by atoms with Crippen LogP contribution in [-0.4, -0.2) is 45.3 Å². The quantitative estimate of drug-likeness (QED) is 0.374. The maximum atomic E-state index is 16.0. The van der Waals surface area contributed by atoms with Gasteiger partial charge in [0.25, 0.3) is 10.0 Å². The van der Waals surface area contributed by atoms with Gasteiger partial charge in [-0.2, -0.15) is 0 Å². The highest BCUT2D eigenvalue weighted by Crippen LogP contribution is 2.85. The lowest BCUT2D eigenvalue weighted by Gasteiger charge is -2.45. The van der Waals surface area contributed by atoms with Crippen LogP contribution in [0.4, 0.5) is 4.39 Å². The third kappa shape index (κ3) is 2.66. The van der Waals surface area contributed by atoms with Crippen molar-refractivity contribution in [2.45, 2.75) is 41.9 Å². The maximum absolute atomic E-state index is 16.0. The van der Waals surface area contributed by atoms with Crippen molar-refractivity contribution >= 4 is 15.9 Å². The SMILES string of the molecule is Cc1ccc(S(=O)(=O)N2CC34C5CC(F)C(C3C4(c3ccccc3)C2=O)n2c(=O)n(-c3ccccc3)c(=O)n25)cc1. The molecule has 4 heterocycles. The number of para-hydroxylation sites is 1. The summed E-state index contributed by atoms with van der Waals surface area (Å²) in [6.45, 7) is 1.64. The Balaban J connectivity index is 1.36. The van der Waals surface area contributed by atoms with Crippen LogP contribution in [0.5, 0.6) is 0 Å². The van der Waals surface area contributed by atoms with Crippen LogP contribution < -0.4 is 11.4 Å². The van der Waals surface area contributed by atoms with Crippen LogP contribution in [0, 0.1) is 18.3 Å². The van der Waals surface area contributed by atoms with Crippen molar-refractivity contribution in [1.29, 1.82) is 0 Å². The van der Waals surface area contributed by atoms with E-state index in [1.54, 1.807) is 72.8 Å². The molecule has 1 saturated heterocycles. The number of aromatic nitrogens is 3. The minimum absolute atomic E-state index is 0.0115. The number of fused-ring (bicyclic) bond motifs is 1. The third-order valence-electron chi connectivity index (χ3n) is 9.83. The van der Waals surface area contributed by atoms with E-state index in [1.165, 1.54) is 21.5 Å². The molecular formula is C30H25FN4O5S. The average molecular weight is 573 g/mol. The lowest BCUT2D eigenvalue weighted by atomic mass is 9.77. The number of carbonyl (C=O) groups excluding carboxylic acids is 1. The van der Waals surface area contributed by atoms with Gasteiger partial charge in [0, 0.05) is 24.3 Å². The van der Waals surface area contributed by atoms with Gasteiger partial charge in [-0.05, 0) is 36.8 Å². The second kappa shape index (κ2) is 7.73. The summed E-state index contributed by atoms with van der Waals surface area (Å²) in [5.41, 5.74) is -1.98. The third-order valence-corrected chi connectivity index (χ3v) is 11.6. The first kappa shape index (κ1) is 24.5. The van der Waals surface area contributed by atoms with Crippen molar-refractivity contribution in [3.63, 3.8) is 0 Å². The Bertz CT molecular complexity index is 1990. The standard InChI is InChI=1S/C30H25FN4O5S/c1-18-12-14-21(15-13-18)41(39,40)32-17-29-23-16-22(31)24(25(29)30(29,26(32)36)19-8-4-2-5-9-19)35-28(38)33(27(37)34(23)35)20-10-6-3-7-11-20/h2-15,22-25H,16-17H2,1H3. The summed E-state index contributed by atoms with van der Waals surface area (Å²) in [4.78, 5) is 42.2. The molecule has 0 N–H and O–H groups in total. The molecule has 208 valence electrons. The van der Waals surface area contributed by atoms with E-state index in [-0.39, 0.29) is 17.9 Å². The Morgan fingerprint density at radius 3 is 2.10 bits per heavy atom. The molecule has 3 fully saturated rings. The summed E-state index contributed by atoms with van der Waals surface area (Å²) in [7, 11) is -4.24. The number of sulfonamides is 1. The van der Waals surface area contributed by atoms with Crippen LogP contribution in [0.2, 0.25) is 0 Å². The number of nitrogens with zero attached hydrogens (tertiary/aromatic N) is 4. The predicted molar refractivity (Wildman–Crippen MR) is 146 cm³/mol. The Kier molecular flexibility index (Phi) is 4.62. The van der Waals surface area contributed by atoms with Gasteiger partial charge in [-0.3, -0.25) is 4.79 Å². The number of halogens is 1. The minimum atomic E-state index is -4.24. The average Bonchev–Trinajstić information content (AvgIpc) is 3.41. The van der Waals surface area contributed by atoms with Gasteiger partial charge >= 0.3 is 11.4 Å². The zero-order valence-corrected chi connectivity index (χ0v) is 22.7. The smallest absolute Gasteiger partial charge is 0.273 e. The maximum Gasteiger partial charge on any atom is 0.352 e. The molecule has 9 rings (SSSR count). The molecule has 2 bridgehead atoms. The second-order valence-corrected chi connectivity index (χ2v) is 13.4. The molecular weight excluding hydrogens is 547 g/mol. The molecule has 0 radical (unpaired) electrons. The number of hydrogen-bond donors (Lipinski definition) is 0. The molecule has 9 nitrogen and oxygen atoms in total. The second-order valence-electron chi connectivity index (χ2n) is 11.5. The summed E-state index contributed by atoms with van der Waals surface area (Å²) in [6, 6.07) is 21.5. The van der Waals surface area contributed by atoms with Gasteiger partial charge in [0.1, 0.15) is 6.17 Å². The fourth-order valence-electron chi connectivity index (χ4n) is 8.30. The fourth-order valence-corrected chi connectivity index (χ4v) is 9.78. The number of alkyl halides is 1. The zero-order chi connectivity index (χ0) is 28.5. The van der Waals surface area contributed by atoms with Crippen molar-refractivity contribution in [3.8, 4) is 5.69 Å². The van der Waals surface area contributed by atoms with Gasteiger partial charge in [-0.15, -0.1) is 0 Å². The number of carbonyl (C=O) groups is 1. The highest BCUT2D eigenvalue weighted by molar-refractivity contribution is 7.89. The first-order chi connectivity index (χ1) is 19.7. The topological polar surface area (TPSA) is 103 Å². The Morgan fingerprint density at radius 2 is 1.44 bits per heavy atom. The predicted octanol–water partition coefficient (Wildman–Crippen LogP) is 2.73. The normalized spacial score (nSPS) is 31.1. The molecule has 2 aliphatic carbocycles. The van der Waals surface area contributed by atoms with Crippen LogP contribution >= 0.6 is 0 Å². The van der Waals surface area contributed by atoms with E-state index in [9.17, 15) is 22.8 Å². The molecule has 1 spiro atoms. The molecule has 4 aromatic rings. The minimum Gasteiger partial charge on any atom is -0.273 e. The van der Waals surface area contributed by atoms with Crippen LogP contribution in [0.25, 0.3) is 5.69 Å². The van der Waals surface area contributed by atoms with E-state index in [0.29, 0.717) is 11.3 Å². The van der Waals surface area contributed by atoms with E-state index in [4.69, 9.17) is 0 Å². The Labute approximate surface area is 234 Å². The van der Waals surface area contributed by atoms with E-state index in [1.807, 2.05) is 6.92 Å². The molecule has 1 aromatic heterocycles. The monoisotopic (exact) mass is 572 g/mol. The molecule has 2 saturated carbocycles. The van der Waals surface area contributed by atoms with Crippen molar-refractivity contribution < 1.29 is 17.6 Å². The van der Waals surface area contributed by atoms with Crippen LogP contribution in [0.15, 0.2) is 99.4 Å². The van der Waals surface area contributed by atoms with E-state index < -0.39 is 62.3 Å². The molecule has 41 heavy (non-hydrogen) atoms.